The summed E-state index contributed by atoms with van der Waals surface area (Å²) in [5, 5.41) is 2.89. The number of benzene rings is 1. The van der Waals surface area contributed by atoms with Crippen molar-refractivity contribution in [3.63, 3.8) is 0 Å². The van der Waals surface area contributed by atoms with E-state index in [2.05, 4.69) is 10.2 Å². The van der Waals surface area contributed by atoms with Crippen LogP contribution in [-0.2, 0) is 11.2 Å². The minimum atomic E-state index is -0.313. The van der Waals surface area contributed by atoms with Crippen molar-refractivity contribution in [3.05, 3.63) is 48.0 Å². The van der Waals surface area contributed by atoms with Gasteiger partial charge in [0.15, 0.2) is 0 Å². The van der Waals surface area contributed by atoms with Gasteiger partial charge in [0.1, 0.15) is 17.3 Å². The predicted octanol–water partition coefficient (Wildman–Crippen LogP) is 3.09. The third-order valence-electron chi connectivity index (χ3n) is 3.50. The number of aryl methyl sites for hydroxylation is 1. The first kappa shape index (κ1) is 17.2. The zero-order valence-corrected chi connectivity index (χ0v) is 13.6. The molecule has 1 aromatic carbocycles. The van der Waals surface area contributed by atoms with Crippen molar-refractivity contribution in [1.82, 2.24) is 10.2 Å². The maximum Gasteiger partial charge on any atom is 0.220 e. The molecule has 2 aromatic rings. The smallest absolute Gasteiger partial charge is 0.220 e. The molecule has 23 heavy (non-hydrogen) atoms. The Morgan fingerprint density at radius 2 is 2.00 bits per heavy atom. The predicted molar refractivity (Wildman–Crippen MR) is 88.6 cm³/mol. The normalized spacial score (nSPS) is 11.0. The molecular weight excluding hydrogens is 295 g/mol. The molecule has 0 aliphatic rings. The van der Waals surface area contributed by atoms with Crippen molar-refractivity contribution in [2.45, 2.75) is 19.3 Å². The van der Waals surface area contributed by atoms with Gasteiger partial charge in [0.05, 0.1) is 5.56 Å². The molecule has 1 amide bonds. The van der Waals surface area contributed by atoms with Gasteiger partial charge in [-0.2, -0.15) is 0 Å². The van der Waals surface area contributed by atoms with E-state index in [9.17, 15) is 9.18 Å². The Morgan fingerprint density at radius 3 is 2.74 bits per heavy atom. The molecule has 0 fully saturated rings. The number of furan rings is 1. The molecule has 0 unspecified atom stereocenters. The van der Waals surface area contributed by atoms with Gasteiger partial charge in [-0.1, -0.05) is 12.1 Å². The molecular formula is C18H23FN2O2. The standard InChI is InChI=1S/C18H23FN2O2/c1-21(2)13-5-12-20-18(22)11-9-14-8-10-17(23-14)15-6-3-4-7-16(15)19/h3-4,6-8,10H,5,9,11-13H2,1-2H3,(H,20,22). The number of halogens is 1. The van der Waals surface area contributed by atoms with Crippen LogP contribution in [0.2, 0.25) is 0 Å². The lowest BCUT2D eigenvalue weighted by Crippen LogP contribution is -2.27. The number of carbonyl (C=O) groups excluding carboxylic acids is 1. The fourth-order valence-corrected chi connectivity index (χ4v) is 2.27. The molecule has 124 valence electrons. The highest BCUT2D eigenvalue weighted by Crippen LogP contribution is 2.25. The summed E-state index contributed by atoms with van der Waals surface area (Å²) in [5.41, 5.74) is 0.437. The highest BCUT2D eigenvalue weighted by atomic mass is 19.1. The molecule has 0 radical (unpaired) electrons. The van der Waals surface area contributed by atoms with Crippen LogP contribution < -0.4 is 5.32 Å². The van der Waals surface area contributed by atoms with Crippen molar-refractivity contribution in [3.8, 4) is 11.3 Å². The summed E-state index contributed by atoms with van der Waals surface area (Å²) in [5.74, 6) is 0.871. The van der Waals surface area contributed by atoms with Crippen molar-refractivity contribution >= 4 is 5.91 Å². The summed E-state index contributed by atoms with van der Waals surface area (Å²) < 4.78 is 19.3. The van der Waals surface area contributed by atoms with Gasteiger partial charge in [0.2, 0.25) is 5.91 Å². The van der Waals surface area contributed by atoms with Crippen LogP contribution >= 0.6 is 0 Å². The second-order valence-corrected chi connectivity index (χ2v) is 5.75. The maximum atomic E-state index is 13.7. The molecule has 0 bridgehead atoms. The number of hydrogen-bond donors (Lipinski definition) is 1. The van der Waals surface area contributed by atoms with Crippen LogP contribution in [0.1, 0.15) is 18.6 Å². The Labute approximate surface area is 136 Å². The largest absolute Gasteiger partial charge is 0.461 e. The third-order valence-corrected chi connectivity index (χ3v) is 3.50. The topological polar surface area (TPSA) is 45.5 Å². The molecule has 2 rings (SSSR count). The molecule has 0 saturated carbocycles. The van der Waals surface area contributed by atoms with Crippen molar-refractivity contribution in [2.24, 2.45) is 0 Å². The van der Waals surface area contributed by atoms with Crippen LogP contribution in [0.15, 0.2) is 40.8 Å². The molecule has 1 aromatic heterocycles. The van der Waals surface area contributed by atoms with Crippen LogP contribution in [0.3, 0.4) is 0 Å². The van der Waals surface area contributed by atoms with Crippen LogP contribution in [0.5, 0.6) is 0 Å². The van der Waals surface area contributed by atoms with E-state index in [1.165, 1.54) is 6.07 Å². The number of hydrogen-bond acceptors (Lipinski definition) is 3. The van der Waals surface area contributed by atoms with Gasteiger partial charge in [-0.3, -0.25) is 4.79 Å². The Bertz CT molecular complexity index is 637. The Kier molecular flexibility index (Phi) is 6.35. The molecule has 0 aliphatic heterocycles. The van der Waals surface area contributed by atoms with Gasteiger partial charge in [0, 0.05) is 19.4 Å². The Morgan fingerprint density at radius 1 is 1.22 bits per heavy atom. The minimum absolute atomic E-state index is 0.00703. The average Bonchev–Trinajstić information content (AvgIpc) is 2.98. The zero-order chi connectivity index (χ0) is 16.7. The first-order valence-electron chi connectivity index (χ1n) is 7.81. The molecule has 0 saturated heterocycles. The summed E-state index contributed by atoms with van der Waals surface area (Å²) in [7, 11) is 4.01. The van der Waals surface area contributed by atoms with E-state index in [0.29, 0.717) is 36.5 Å². The zero-order valence-electron chi connectivity index (χ0n) is 13.6. The second-order valence-electron chi connectivity index (χ2n) is 5.75. The van der Waals surface area contributed by atoms with Crippen LogP contribution in [0.25, 0.3) is 11.3 Å². The SMILES string of the molecule is CN(C)CCCNC(=O)CCc1ccc(-c2ccccc2F)o1. The molecule has 1 N–H and O–H groups in total. The minimum Gasteiger partial charge on any atom is -0.461 e. The van der Waals surface area contributed by atoms with Crippen molar-refractivity contribution in [2.75, 3.05) is 27.2 Å². The first-order chi connectivity index (χ1) is 11.1. The maximum absolute atomic E-state index is 13.7. The van der Waals surface area contributed by atoms with E-state index in [0.717, 1.165) is 13.0 Å². The van der Waals surface area contributed by atoms with Gasteiger partial charge in [-0.25, -0.2) is 4.39 Å². The quantitative estimate of drug-likeness (QED) is 0.761. The number of nitrogens with zero attached hydrogens (tertiary/aromatic N) is 1. The van der Waals surface area contributed by atoms with E-state index >= 15 is 0 Å². The van der Waals surface area contributed by atoms with E-state index in [1.54, 1.807) is 30.3 Å². The Balaban J connectivity index is 1.79. The average molecular weight is 318 g/mol. The van der Waals surface area contributed by atoms with E-state index < -0.39 is 0 Å². The monoisotopic (exact) mass is 318 g/mol. The summed E-state index contributed by atoms with van der Waals surface area (Å²) >= 11 is 0. The second kappa shape index (κ2) is 8.48. The summed E-state index contributed by atoms with van der Waals surface area (Å²) in [6.45, 7) is 1.63. The van der Waals surface area contributed by atoms with Crippen LogP contribution in [0, 0.1) is 5.82 Å². The lowest BCUT2D eigenvalue weighted by molar-refractivity contribution is -0.121. The third kappa shape index (κ3) is 5.53. The van der Waals surface area contributed by atoms with Crippen LogP contribution in [0.4, 0.5) is 4.39 Å². The van der Waals surface area contributed by atoms with E-state index in [-0.39, 0.29) is 11.7 Å². The number of carbonyl (C=O) groups is 1. The van der Waals surface area contributed by atoms with Crippen molar-refractivity contribution < 1.29 is 13.6 Å². The highest BCUT2D eigenvalue weighted by molar-refractivity contribution is 5.76. The Hall–Kier alpha value is -2.14. The summed E-state index contributed by atoms with van der Waals surface area (Å²) in [6.07, 6.45) is 1.80. The lowest BCUT2D eigenvalue weighted by Gasteiger charge is -2.09. The van der Waals surface area contributed by atoms with E-state index in [4.69, 9.17) is 4.42 Å². The fraction of sp³-hybridized carbons (Fsp3) is 0.389. The van der Waals surface area contributed by atoms with Gasteiger partial charge >= 0.3 is 0 Å². The fourth-order valence-electron chi connectivity index (χ4n) is 2.27. The van der Waals surface area contributed by atoms with Crippen molar-refractivity contribution in [1.29, 1.82) is 0 Å². The summed E-state index contributed by atoms with van der Waals surface area (Å²) in [4.78, 5) is 13.8. The summed E-state index contributed by atoms with van der Waals surface area (Å²) in [6, 6.07) is 10.0. The number of rotatable bonds is 8. The van der Waals surface area contributed by atoms with Crippen LogP contribution in [-0.4, -0.2) is 38.0 Å². The number of nitrogens with one attached hydrogen (secondary N) is 1. The number of amides is 1. The first-order valence-corrected chi connectivity index (χ1v) is 7.81. The molecule has 1 heterocycles. The molecule has 5 heteroatoms. The van der Waals surface area contributed by atoms with Gasteiger partial charge in [-0.05, 0) is 51.3 Å². The lowest BCUT2D eigenvalue weighted by atomic mass is 10.1. The van der Waals surface area contributed by atoms with Gasteiger partial charge < -0.3 is 14.6 Å². The van der Waals surface area contributed by atoms with E-state index in [1.807, 2.05) is 14.1 Å². The molecule has 0 atom stereocenters. The highest BCUT2D eigenvalue weighted by Gasteiger charge is 2.10. The molecule has 0 aliphatic carbocycles. The van der Waals surface area contributed by atoms with Gasteiger partial charge in [0.25, 0.3) is 0 Å². The van der Waals surface area contributed by atoms with Gasteiger partial charge in [-0.15, -0.1) is 0 Å². The molecule has 0 spiro atoms. The molecule has 4 nitrogen and oxygen atoms in total.